The lowest BCUT2D eigenvalue weighted by molar-refractivity contribution is 0.567. The van der Waals surface area contributed by atoms with E-state index in [1.807, 2.05) is 0 Å². The van der Waals surface area contributed by atoms with Crippen molar-refractivity contribution in [2.45, 2.75) is 16.7 Å². The zero-order chi connectivity index (χ0) is 21.0. The average Bonchev–Trinajstić information content (AvgIpc) is 2.70. The Morgan fingerprint density at radius 3 is 2.55 bits per heavy atom. The standard InChI is InChI=1S/C19H13ClF2N4O2S/c20-13-3-6-15(7-4-13)29(27,28)19(16-10-14(21)5-8-17(16)22)18-12(11-25-26-23)2-1-9-24-18/h1-10,19H,11H2. The van der Waals surface area contributed by atoms with Gasteiger partial charge < -0.3 is 0 Å². The maximum absolute atomic E-state index is 14.6. The molecule has 1 aromatic heterocycles. The summed E-state index contributed by atoms with van der Waals surface area (Å²) >= 11 is 5.84. The summed E-state index contributed by atoms with van der Waals surface area (Å²) in [5.41, 5.74) is 8.43. The van der Waals surface area contributed by atoms with Gasteiger partial charge in [0.1, 0.15) is 16.9 Å². The van der Waals surface area contributed by atoms with Crippen molar-refractivity contribution in [1.82, 2.24) is 4.98 Å². The topological polar surface area (TPSA) is 95.8 Å². The molecule has 148 valence electrons. The molecule has 0 fully saturated rings. The van der Waals surface area contributed by atoms with Gasteiger partial charge in [0.25, 0.3) is 0 Å². The lowest BCUT2D eigenvalue weighted by atomic mass is 10.0. The predicted octanol–water partition coefficient (Wildman–Crippen LogP) is 5.39. The van der Waals surface area contributed by atoms with Gasteiger partial charge in [-0.3, -0.25) is 4.98 Å². The van der Waals surface area contributed by atoms with Crippen LogP contribution < -0.4 is 0 Å². The number of hydrogen-bond donors (Lipinski definition) is 0. The molecule has 29 heavy (non-hydrogen) atoms. The zero-order valence-corrected chi connectivity index (χ0v) is 16.3. The van der Waals surface area contributed by atoms with Crippen molar-refractivity contribution in [3.05, 3.63) is 105 Å². The molecule has 0 aliphatic heterocycles. The first kappa shape index (κ1) is 20.7. The molecule has 0 aliphatic carbocycles. The molecule has 3 aromatic rings. The second-order valence-corrected chi connectivity index (χ2v) is 8.45. The van der Waals surface area contributed by atoms with E-state index in [1.165, 1.54) is 42.6 Å². The smallest absolute Gasteiger partial charge is 0.191 e. The van der Waals surface area contributed by atoms with Crippen LogP contribution >= 0.6 is 11.6 Å². The maximum atomic E-state index is 14.6. The van der Waals surface area contributed by atoms with Gasteiger partial charge in [0.2, 0.25) is 0 Å². The highest BCUT2D eigenvalue weighted by Crippen LogP contribution is 2.37. The number of rotatable bonds is 6. The van der Waals surface area contributed by atoms with Gasteiger partial charge in [0.05, 0.1) is 17.1 Å². The van der Waals surface area contributed by atoms with Crippen molar-refractivity contribution in [3.63, 3.8) is 0 Å². The number of aromatic nitrogens is 1. The monoisotopic (exact) mass is 434 g/mol. The average molecular weight is 435 g/mol. The number of benzene rings is 2. The molecule has 0 aliphatic rings. The summed E-state index contributed by atoms with van der Waals surface area (Å²) in [7, 11) is -4.27. The van der Waals surface area contributed by atoms with Crippen molar-refractivity contribution >= 4 is 21.4 Å². The summed E-state index contributed by atoms with van der Waals surface area (Å²) in [6.07, 6.45) is 1.33. The van der Waals surface area contributed by atoms with Crippen LogP contribution in [0.15, 0.2) is 70.8 Å². The van der Waals surface area contributed by atoms with Gasteiger partial charge in [0.15, 0.2) is 9.84 Å². The molecular formula is C19H13ClF2N4O2S. The van der Waals surface area contributed by atoms with Crippen LogP contribution in [0.4, 0.5) is 8.78 Å². The van der Waals surface area contributed by atoms with E-state index in [9.17, 15) is 17.2 Å². The summed E-state index contributed by atoms with van der Waals surface area (Å²) in [5.74, 6) is -1.71. The second kappa shape index (κ2) is 8.57. The molecule has 1 atom stereocenters. The number of nitrogens with zero attached hydrogens (tertiary/aromatic N) is 4. The number of azide groups is 1. The van der Waals surface area contributed by atoms with E-state index in [0.717, 1.165) is 18.2 Å². The number of sulfone groups is 1. The second-order valence-electron chi connectivity index (χ2n) is 5.98. The Kier molecular flexibility index (Phi) is 6.12. The molecule has 0 N–H and O–H groups in total. The molecule has 0 radical (unpaired) electrons. The Morgan fingerprint density at radius 2 is 1.86 bits per heavy atom. The van der Waals surface area contributed by atoms with Crippen LogP contribution in [0, 0.1) is 11.6 Å². The van der Waals surface area contributed by atoms with Crippen LogP contribution in [-0.2, 0) is 16.4 Å². The fourth-order valence-electron chi connectivity index (χ4n) is 2.87. The normalized spacial score (nSPS) is 12.2. The molecule has 1 unspecified atom stereocenters. The van der Waals surface area contributed by atoms with Gasteiger partial charge in [-0.25, -0.2) is 17.2 Å². The van der Waals surface area contributed by atoms with Gasteiger partial charge in [-0.15, -0.1) is 0 Å². The van der Waals surface area contributed by atoms with Crippen molar-refractivity contribution in [2.24, 2.45) is 5.11 Å². The third-order valence-corrected chi connectivity index (χ3v) is 6.45. The van der Waals surface area contributed by atoms with E-state index < -0.39 is 32.3 Å². The highest BCUT2D eigenvalue weighted by atomic mass is 35.5. The van der Waals surface area contributed by atoms with E-state index in [-0.39, 0.29) is 22.7 Å². The molecule has 6 nitrogen and oxygen atoms in total. The van der Waals surface area contributed by atoms with Crippen LogP contribution in [0.2, 0.25) is 5.02 Å². The van der Waals surface area contributed by atoms with E-state index in [0.29, 0.717) is 5.02 Å². The fourth-order valence-corrected chi connectivity index (χ4v) is 4.80. The Bertz CT molecular complexity index is 1200. The largest absolute Gasteiger partial charge is 0.259 e. The Labute approximate surface area is 170 Å². The van der Waals surface area contributed by atoms with Gasteiger partial charge in [-0.2, -0.15) is 0 Å². The molecule has 0 amide bonds. The molecular weight excluding hydrogens is 422 g/mol. The van der Waals surface area contributed by atoms with Crippen LogP contribution in [0.5, 0.6) is 0 Å². The molecule has 0 saturated heterocycles. The number of halogens is 3. The van der Waals surface area contributed by atoms with E-state index in [4.69, 9.17) is 17.1 Å². The lowest BCUT2D eigenvalue weighted by Crippen LogP contribution is -2.19. The summed E-state index contributed by atoms with van der Waals surface area (Å²) < 4.78 is 55.5. The number of hydrogen-bond acceptors (Lipinski definition) is 4. The fraction of sp³-hybridized carbons (Fsp3) is 0.105. The Morgan fingerprint density at radius 1 is 1.14 bits per heavy atom. The highest BCUT2D eigenvalue weighted by molar-refractivity contribution is 7.91. The first-order valence-electron chi connectivity index (χ1n) is 8.23. The van der Waals surface area contributed by atoms with Crippen molar-refractivity contribution in [1.29, 1.82) is 0 Å². The first-order valence-corrected chi connectivity index (χ1v) is 10.2. The minimum absolute atomic E-state index is 0.0562. The van der Waals surface area contributed by atoms with Crippen LogP contribution in [-0.4, -0.2) is 13.4 Å². The van der Waals surface area contributed by atoms with Crippen LogP contribution in [0.1, 0.15) is 22.1 Å². The molecule has 10 heteroatoms. The molecule has 2 aromatic carbocycles. The van der Waals surface area contributed by atoms with Gasteiger partial charge in [-0.1, -0.05) is 22.8 Å². The van der Waals surface area contributed by atoms with Crippen molar-refractivity contribution < 1.29 is 17.2 Å². The quantitative estimate of drug-likeness (QED) is 0.295. The SMILES string of the molecule is [N-]=[N+]=NCc1cccnc1C(c1cc(F)ccc1F)S(=O)(=O)c1ccc(Cl)cc1. The van der Waals surface area contributed by atoms with Gasteiger partial charge in [-0.05, 0) is 59.6 Å². The van der Waals surface area contributed by atoms with E-state index in [1.54, 1.807) is 0 Å². The van der Waals surface area contributed by atoms with Gasteiger partial charge in [0, 0.05) is 21.7 Å². The zero-order valence-electron chi connectivity index (χ0n) is 14.7. The van der Waals surface area contributed by atoms with Crippen molar-refractivity contribution in [2.75, 3.05) is 0 Å². The molecule has 0 saturated carbocycles. The van der Waals surface area contributed by atoms with E-state index in [2.05, 4.69) is 15.0 Å². The first-order chi connectivity index (χ1) is 13.8. The summed E-state index contributed by atoms with van der Waals surface area (Å²) in [5, 5.41) is 2.10. The van der Waals surface area contributed by atoms with Crippen LogP contribution in [0.3, 0.4) is 0 Å². The highest BCUT2D eigenvalue weighted by Gasteiger charge is 2.35. The third-order valence-electron chi connectivity index (χ3n) is 4.17. The minimum Gasteiger partial charge on any atom is -0.259 e. The molecule has 0 spiro atoms. The lowest BCUT2D eigenvalue weighted by Gasteiger charge is -2.21. The number of pyridine rings is 1. The summed E-state index contributed by atoms with van der Waals surface area (Å²) in [4.78, 5) is 6.63. The molecule has 0 bridgehead atoms. The third kappa shape index (κ3) is 4.37. The maximum Gasteiger partial charge on any atom is 0.191 e. The van der Waals surface area contributed by atoms with Gasteiger partial charge >= 0.3 is 0 Å². The van der Waals surface area contributed by atoms with E-state index >= 15 is 0 Å². The predicted molar refractivity (Wildman–Crippen MR) is 104 cm³/mol. The Balaban J connectivity index is 2.30. The minimum atomic E-state index is -4.27. The van der Waals surface area contributed by atoms with Crippen LogP contribution in [0.25, 0.3) is 10.4 Å². The summed E-state index contributed by atoms with van der Waals surface area (Å²) in [6.45, 7) is -0.205. The Hall–Kier alpha value is -3.00. The summed E-state index contributed by atoms with van der Waals surface area (Å²) in [6, 6.07) is 10.9. The molecule has 1 heterocycles. The molecule has 3 rings (SSSR count). The van der Waals surface area contributed by atoms with Crippen molar-refractivity contribution in [3.8, 4) is 0 Å².